The van der Waals surface area contributed by atoms with E-state index < -0.39 is 5.97 Å². The largest absolute Gasteiger partial charge is 0.481 e. The number of benzene rings is 1. The SMILES string of the molecule is O=C(O)C1CCCN(Cc2csc(-c3ccc(Cl)cc3)n2)C1. The molecule has 0 saturated carbocycles. The zero-order chi connectivity index (χ0) is 15.5. The fourth-order valence-electron chi connectivity index (χ4n) is 2.73. The molecule has 1 atom stereocenters. The van der Waals surface area contributed by atoms with E-state index in [0.29, 0.717) is 18.1 Å². The fourth-order valence-corrected chi connectivity index (χ4v) is 3.68. The molecule has 4 nitrogen and oxygen atoms in total. The molecule has 1 aromatic heterocycles. The molecule has 1 aromatic carbocycles. The average molecular weight is 337 g/mol. The molecule has 0 amide bonds. The van der Waals surface area contributed by atoms with Crippen molar-refractivity contribution in [1.29, 1.82) is 0 Å². The first kappa shape index (κ1) is 15.5. The van der Waals surface area contributed by atoms with E-state index in [0.717, 1.165) is 35.7 Å². The lowest BCUT2D eigenvalue weighted by Gasteiger charge is -2.29. The smallest absolute Gasteiger partial charge is 0.307 e. The molecule has 22 heavy (non-hydrogen) atoms. The van der Waals surface area contributed by atoms with Gasteiger partial charge < -0.3 is 5.11 Å². The normalized spacial score (nSPS) is 19.2. The maximum atomic E-state index is 11.1. The van der Waals surface area contributed by atoms with Gasteiger partial charge in [-0.2, -0.15) is 0 Å². The molecular weight excluding hydrogens is 320 g/mol. The molecule has 2 aromatic rings. The fraction of sp³-hybridized carbons (Fsp3) is 0.375. The molecule has 1 fully saturated rings. The van der Waals surface area contributed by atoms with Gasteiger partial charge in [0.05, 0.1) is 11.6 Å². The molecule has 2 heterocycles. The summed E-state index contributed by atoms with van der Waals surface area (Å²) in [4.78, 5) is 18.0. The maximum absolute atomic E-state index is 11.1. The molecule has 6 heteroatoms. The van der Waals surface area contributed by atoms with E-state index in [1.165, 1.54) is 0 Å². The molecular formula is C16H17ClN2O2S. The van der Waals surface area contributed by atoms with Gasteiger partial charge in [0.15, 0.2) is 0 Å². The van der Waals surface area contributed by atoms with Crippen LogP contribution in [0.5, 0.6) is 0 Å². The lowest BCUT2D eigenvalue weighted by Crippen LogP contribution is -2.38. The number of likely N-dealkylation sites (tertiary alicyclic amines) is 1. The Morgan fingerprint density at radius 1 is 1.41 bits per heavy atom. The Balaban J connectivity index is 1.66. The Morgan fingerprint density at radius 3 is 2.91 bits per heavy atom. The van der Waals surface area contributed by atoms with Crippen LogP contribution < -0.4 is 0 Å². The number of aliphatic carboxylic acids is 1. The minimum atomic E-state index is -0.690. The number of nitrogens with zero attached hydrogens (tertiary/aromatic N) is 2. The minimum Gasteiger partial charge on any atom is -0.481 e. The quantitative estimate of drug-likeness (QED) is 0.923. The number of carboxylic acid groups (broad SMARTS) is 1. The van der Waals surface area contributed by atoms with E-state index in [1.54, 1.807) is 11.3 Å². The van der Waals surface area contributed by atoms with Crippen molar-refractivity contribution in [3.8, 4) is 10.6 Å². The third kappa shape index (κ3) is 3.66. The molecule has 0 bridgehead atoms. The summed E-state index contributed by atoms with van der Waals surface area (Å²) in [5.74, 6) is -0.937. The van der Waals surface area contributed by atoms with Crippen molar-refractivity contribution in [2.45, 2.75) is 19.4 Å². The molecule has 1 N–H and O–H groups in total. The third-order valence-corrected chi connectivity index (χ3v) is 5.08. The number of piperidine rings is 1. The predicted octanol–water partition coefficient (Wildman–Crippen LogP) is 3.76. The minimum absolute atomic E-state index is 0.247. The number of halogens is 1. The first-order chi connectivity index (χ1) is 10.6. The summed E-state index contributed by atoms with van der Waals surface area (Å²) in [7, 11) is 0. The van der Waals surface area contributed by atoms with Gasteiger partial charge in [-0.05, 0) is 31.5 Å². The van der Waals surface area contributed by atoms with Crippen LogP contribution in [0.2, 0.25) is 5.02 Å². The number of rotatable bonds is 4. The topological polar surface area (TPSA) is 53.4 Å². The average Bonchev–Trinajstić information content (AvgIpc) is 2.96. The van der Waals surface area contributed by atoms with Gasteiger partial charge in [0.1, 0.15) is 5.01 Å². The van der Waals surface area contributed by atoms with E-state index in [9.17, 15) is 4.79 Å². The Labute approximate surface area is 138 Å². The van der Waals surface area contributed by atoms with Gasteiger partial charge in [0.25, 0.3) is 0 Å². The molecule has 1 aliphatic heterocycles. The van der Waals surface area contributed by atoms with Crippen LogP contribution in [0.3, 0.4) is 0 Å². The van der Waals surface area contributed by atoms with Gasteiger partial charge in [-0.15, -0.1) is 11.3 Å². The highest BCUT2D eigenvalue weighted by atomic mass is 35.5. The van der Waals surface area contributed by atoms with Crippen LogP contribution in [-0.4, -0.2) is 34.0 Å². The van der Waals surface area contributed by atoms with Crippen molar-refractivity contribution >= 4 is 28.9 Å². The van der Waals surface area contributed by atoms with E-state index in [1.807, 2.05) is 29.6 Å². The van der Waals surface area contributed by atoms with Gasteiger partial charge in [-0.1, -0.05) is 23.7 Å². The first-order valence-electron chi connectivity index (χ1n) is 7.27. The second-order valence-electron chi connectivity index (χ2n) is 5.56. The number of carboxylic acids is 1. The summed E-state index contributed by atoms with van der Waals surface area (Å²) in [6.07, 6.45) is 1.71. The Hall–Kier alpha value is -1.43. The summed E-state index contributed by atoms with van der Waals surface area (Å²) >= 11 is 7.51. The zero-order valence-corrected chi connectivity index (χ0v) is 13.6. The summed E-state index contributed by atoms with van der Waals surface area (Å²) < 4.78 is 0. The molecule has 3 rings (SSSR count). The molecule has 1 unspecified atom stereocenters. The molecule has 1 saturated heterocycles. The first-order valence-corrected chi connectivity index (χ1v) is 8.53. The number of carbonyl (C=O) groups is 1. The van der Waals surface area contributed by atoms with Crippen molar-refractivity contribution in [2.24, 2.45) is 5.92 Å². The lowest BCUT2D eigenvalue weighted by atomic mass is 9.98. The monoisotopic (exact) mass is 336 g/mol. The summed E-state index contributed by atoms with van der Waals surface area (Å²) in [5, 5.41) is 12.9. The molecule has 116 valence electrons. The lowest BCUT2D eigenvalue weighted by molar-refractivity contribution is -0.143. The summed E-state index contributed by atoms with van der Waals surface area (Å²) in [6.45, 7) is 2.27. The van der Waals surface area contributed by atoms with E-state index in [4.69, 9.17) is 16.7 Å². The van der Waals surface area contributed by atoms with E-state index in [2.05, 4.69) is 9.88 Å². The zero-order valence-electron chi connectivity index (χ0n) is 12.0. The van der Waals surface area contributed by atoms with Gasteiger partial charge in [0, 0.05) is 29.1 Å². The van der Waals surface area contributed by atoms with Gasteiger partial charge >= 0.3 is 5.97 Å². The van der Waals surface area contributed by atoms with Crippen LogP contribution in [-0.2, 0) is 11.3 Å². The van der Waals surface area contributed by atoms with Crippen LogP contribution in [0.15, 0.2) is 29.6 Å². The molecule has 0 radical (unpaired) electrons. The Morgan fingerprint density at radius 2 is 2.18 bits per heavy atom. The number of thiazole rings is 1. The van der Waals surface area contributed by atoms with Crippen LogP contribution >= 0.6 is 22.9 Å². The Kier molecular flexibility index (Phi) is 4.76. The molecule has 0 spiro atoms. The predicted molar refractivity (Wildman–Crippen MR) is 88.2 cm³/mol. The van der Waals surface area contributed by atoms with Crippen LogP contribution in [0, 0.1) is 5.92 Å². The van der Waals surface area contributed by atoms with E-state index >= 15 is 0 Å². The van der Waals surface area contributed by atoms with Crippen molar-refractivity contribution in [1.82, 2.24) is 9.88 Å². The highest BCUT2D eigenvalue weighted by molar-refractivity contribution is 7.13. The van der Waals surface area contributed by atoms with Crippen LogP contribution in [0.4, 0.5) is 0 Å². The number of hydrogen-bond donors (Lipinski definition) is 1. The number of aromatic nitrogens is 1. The van der Waals surface area contributed by atoms with Crippen molar-refractivity contribution in [3.05, 3.63) is 40.4 Å². The standard InChI is InChI=1S/C16H17ClN2O2S/c17-13-5-3-11(4-6-13)15-18-14(10-22-15)9-19-7-1-2-12(8-19)16(20)21/h3-6,10,12H,1-2,7-9H2,(H,20,21). The molecule has 1 aliphatic rings. The van der Waals surface area contributed by atoms with E-state index in [-0.39, 0.29) is 5.92 Å². The second kappa shape index (κ2) is 6.77. The van der Waals surface area contributed by atoms with Crippen molar-refractivity contribution < 1.29 is 9.90 Å². The maximum Gasteiger partial charge on any atom is 0.307 e. The van der Waals surface area contributed by atoms with Crippen molar-refractivity contribution in [2.75, 3.05) is 13.1 Å². The van der Waals surface area contributed by atoms with Gasteiger partial charge in [-0.3, -0.25) is 9.69 Å². The summed E-state index contributed by atoms with van der Waals surface area (Å²) in [5.41, 5.74) is 2.06. The van der Waals surface area contributed by atoms with Crippen molar-refractivity contribution in [3.63, 3.8) is 0 Å². The van der Waals surface area contributed by atoms with Crippen LogP contribution in [0.1, 0.15) is 18.5 Å². The summed E-state index contributed by atoms with van der Waals surface area (Å²) in [6, 6.07) is 7.65. The van der Waals surface area contributed by atoms with Gasteiger partial charge in [-0.25, -0.2) is 4.98 Å². The van der Waals surface area contributed by atoms with Crippen LogP contribution in [0.25, 0.3) is 10.6 Å². The third-order valence-electron chi connectivity index (χ3n) is 3.88. The highest BCUT2D eigenvalue weighted by Crippen LogP contribution is 2.26. The van der Waals surface area contributed by atoms with Gasteiger partial charge in [0.2, 0.25) is 0 Å². The Bertz CT molecular complexity index is 656. The highest BCUT2D eigenvalue weighted by Gasteiger charge is 2.25. The second-order valence-corrected chi connectivity index (χ2v) is 6.86. The number of hydrogen-bond acceptors (Lipinski definition) is 4. The molecule has 0 aliphatic carbocycles.